The Morgan fingerprint density at radius 2 is 1.95 bits per heavy atom. The minimum absolute atomic E-state index is 0.101. The van der Waals surface area contributed by atoms with Crippen molar-refractivity contribution in [1.82, 2.24) is 5.32 Å². The molecular formula is C15H24N2O4S. The zero-order chi connectivity index (χ0) is 16.8. The average molecular weight is 328 g/mol. The molecule has 1 aromatic carbocycles. The normalized spacial score (nSPS) is 13.0. The van der Waals surface area contributed by atoms with Gasteiger partial charge in [0.2, 0.25) is 15.9 Å². The quantitative estimate of drug-likeness (QED) is 0.765. The lowest BCUT2D eigenvalue weighted by Crippen LogP contribution is -2.27. The Morgan fingerprint density at radius 3 is 2.55 bits per heavy atom. The molecule has 1 amide bonds. The van der Waals surface area contributed by atoms with Crippen LogP contribution in [0.4, 0.5) is 5.69 Å². The number of ether oxygens (including phenoxy) is 1. The molecule has 2 N–H and O–H groups in total. The highest BCUT2D eigenvalue weighted by Gasteiger charge is 2.11. The van der Waals surface area contributed by atoms with E-state index in [0.29, 0.717) is 18.7 Å². The molecule has 7 heteroatoms. The molecule has 0 aliphatic rings. The van der Waals surface area contributed by atoms with Crippen LogP contribution in [-0.2, 0) is 19.6 Å². The number of carbonyl (C=O) groups is 1. The lowest BCUT2D eigenvalue weighted by molar-refractivity contribution is -0.123. The molecule has 124 valence electrons. The fourth-order valence-corrected chi connectivity index (χ4v) is 2.43. The van der Waals surface area contributed by atoms with Crippen molar-refractivity contribution < 1.29 is 17.9 Å². The molecule has 0 saturated heterocycles. The van der Waals surface area contributed by atoms with Crippen LogP contribution in [0.3, 0.4) is 0 Å². The highest BCUT2D eigenvalue weighted by Crippen LogP contribution is 2.18. The average Bonchev–Trinajstić information content (AvgIpc) is 2.36. The van der Waals surface area contributed by atoms with Gasteiger partial charge in [-0.3, -0.25) is 9.52 Å². The molecule has 22 heavy (non-hydrogen) atoms. The standard InChI is InChI=1S/C15H24N2O4S/c1-11(2)21-9-8-15(18)16-12(3)13-6-5-7-14(10-13)17-22(4,19)20/h5-7,10-12,17H,8-9H2,1-4H3,(H,16,18). The van der Waals surface area contributed by atoms with Gasteiger partial charge in [-0.15, -0.1) is 0 Å². The highest BCUT2D eigenvalue weighted by molar-refractivity contribution is 7.92. The van der Waals surface area contributed by atoms with E-state index in [-0.39, 0.29) is 18.1 Å². The zero-order valence-corrected chi connectivity index (χ0v) is 14.2. The van der Waals surface area contributed by atoms with Crippen LogP contribution in [0.5, 0.6) is 0 Å². The third-order valence-electron chi connectivity index (χ3n) is 2.85. The summed E-state index contributed by atoms with van der Waals surface area (Å²) in [4.78, 5) is 11.8. The van der Waals surface area contributed by atoms with E-state index in [0.717, 1.165) is 11.8 Å². The number of anilines is 1. The van der Waals surface area contributed by atoms with Crippen molar-refractivity contribution in [2.24, 2.45) is 0 Å². The summed E-state index contributed by atoms with van der Waals surface area (Å²) in [6, 6.07) is 6.73. The number of nitrogens with one attached hydrogen (secondary N) is 2. The number of rotatable bonds is 8. The fourth-order valence-electron chi connectivity index (χ4n) is 1.87. The summed E-state index contributed by atoms with van der Waals surface area (Å²) in [7, 11) is -3.32. The summed E-state index contributed by atoms with van der Waals surface area (Å²) in [6.07, 6.45) is 1.49. The molecule has 0 aliphatic heterocycles. The summed E-state index contributed by atoms with van der Waals surface area (Å²) in [5, 5.41) is 2.86. The van der Waals surface area contributed by atoms with Crippen molar-refractivity contribution in [3.8, 4) is 0 Å². The van der Waals surface area contributed by atoms with Crippen molar-refractivity contribution in [3.05, 3.63) is 29.8 Å². The van der Waals surface area contributed by atoms with Crippen molar-refractivity contribution in [2.75, 3.05) is 17.6 Å². The molecular weight excluding hydrogens is 304 g/mol. The van der Waals surface area contributed by atoms with E-state index in [1.807, 2.05) is 26.8 Å². The van der Waals surface area contributed by atoms with Crippen LogP contribution < -0.4 is 10.0 Å². The Labute approximate surface area is 132 Å². The van der Waals surface area contributed by atoms with E-state index >= 15 is 0 Å². The molecule has 1 atom stereocenters. The number of hydrogen-bond acceptors (Lipinski definition) is 4. The summed E-state index contributed by atoms with van der Waals surface area (Å²) < 4.78 is 30.2. The smallest absolute Gasteiger partial charge is 0.229 e. The molecule has 1 rings (SSSR count). The molecule has 1 aromatic rings. The summed E-state index contributed by atoms with van der Waals surface area (Å²) in [5.41, 5.74) is 1.30. The van der Waals surface area contributed by atoms with Crippen LogP contribution in [0.2, 0.25) is 0 Å². The Morgan fingerprint density at radius 1 is 1.27 bits per heavy atom. The van der Waals surface area contributed by atoms with E-state index in [1.165, 1.54) is 0 Å². The van der Waals surface area contributed by atoms with Gasteiger partial charge in [-0.2, -0.15) is 0 Å². The van der Waals surface area contributed by atoms with Gasteiger partial charge in [0, 0.05) is 12.1 Å². The molecule has 0 fully saturated rings. The van der Waals surface area contributed by atoms with Crippen LogP contribution in [-0.4, -0.2) is 33.3 Å². The molecule has 1 unspecified atom stereocenters. The summed E-state index contributed by atoms with van der Waals surface area (Å²) in [6.45, 7) is 6.06. The molecule has 0 heterocycles. The van der Waals surface area contributed by atoms with Gasteiger partial charge in [0.1, 0.15) is 0 Å². The van der Waals surface area contributed by atoms with Crippen LogP contribution in [0.15, 0.2) is 24.3 Å². The maximum atomic E-state index is 11.8. The Balaban J connectivity index is 2.60. The topological polar surface area (TPSA) is 84.5 Å². The second-order valence-corrected chi connectivity index (χ2v) is 7.21. The zero-order valence-electron chi connectivity index (χ0n) is 13.4. The van der Waals surface area contributed by atoms with Gasteiger partial charge in [-0.05, 0) is 38.5 Å². The van der Waals surface area contributed by atoms with Crippen molar-refractivity contribution in [3.63, 3.8) is 0 Å². The first kappa shape index (κ1) is 18.4. The molecule has 0 radical (unpaired) electrons. The summed E-state index contributed by atoms with van der Waals surface area (Å²) in [5.74, 6) is -0.102. The predicted molar refractivity (Wildman–Crippen MR) is 87.2 cm³/mol. The van der Waals surface area contributed by atoms with Gasteiger partial charge in [-0.25, -0.2) is 8.42 Å². The number of hydrogen-bond donors (Lipinski definition) is 2. The largest absolute Gasteiger partial charge is 0.378 e. The molecule has 0 spiro atoms. The number of amides is 1. The van der Waals surface area contributed by atoms with E-state index in [1.54, 1.807) is 18.2 Å². The predicted octanol–water partition coefficient (Wildman–Crippen LogP) is 2.05. The maximum Gasteiger partial charge on any atom is 0.229 e. The second-order valence-electron chi connectivity index (χ2n) is 5.46. The maximum absolute atomic E-state index is 11.8. The van der Waals surface area contributed by atoms with E-state index < -0.39 is 10.0 Å². The van der Waals surface area contributed by atoms with Gasteiger partial charge in [0.05, 0.1) is 25.0 Å². The van der Waals surface area contributed by atoms with Crippen molar-refractivity contribution in [2.45, 2.75) is 39.3 Å². The van der Waals surface area contributed by atoms with E-state index in [4.69, 9.17) is 4.74 Å². The lowest BCUT2D eigenvalue weighted by atomic mass is 10.1. The van der Waals surface area contributed by atoms with Crippen molar-refractivity contribution >= 4 is 21.6 Å². The van der Waals surface area contributed by atoms with Gasteiger partial charge in [-0.1, -0.05) is 12.1 Å². The van der Waals surface area contributed by atoms with Gasteiger partial charge < -0.3 is 10.1 Å². The molecule has 0 bridgehead atoms. The lowest BCUT2D eigenvalue weighted by Gasteiger charge is -2.16. The van der Waals surface area contributed by atoms with E-state index in [9.17, 15) is 13.2 Å². The highest BCUT2D eigenvalue weighted by atomic mass is 32.2. The Hall–Kier alpha value is -1.60. The number of benzene rings is 1. The van der Waals surface area contributed by atoms with E-state index in [2.05, 4.69) is 10.0 Å². The Kier molecular flexibility index (Phi) is 6.83. The first-order valence-corrected chi connectivity index (χ1v) is 9.05. The number of carbonyl (C=O) groups excluding carboxylic acids is 1. The SMILES string of the molecule is CC(C)OCCC(=O)NC(C)c1cccc(NS(C)(=O)=O)c1. The first-order valence-electron chi connectivity index (χ1n) is 7.16. The minimum atomic E-state index is -3.32. The fraction of sp³-hybridized carbons (Fsp3) is 0.533. The monoisotopic (exact) mass is 328 g/mol. The molecule has 0 aliphatic carbocycles. The third-order valence-corrected chi connectivity index (χ3v) is 3.45. The minimum Gasteiger partial charge on any atom is -0.378 e. The van der Waals surface area contributed by atoms with Gasteiger partial charge in [0.15, 0.2) is 0 Å². The molecule has 6 nitrogen and oxygen atoms in total. The van der Waals surface area contributed by atoms with Crippen molar-refractivity contribution in [1.29, 1.82) is 0 Å². The third kappa shape index (κ3) is 7.42. The van der Waals surface area contributed by atoms with Crippen LogP contribution >= 0.6 is 0 Å². The van der Waals surface area contributed by atoms with Gasteiger partial charge >= 0.3 is 0 Å². The summed E-state index contributed by atoms with van der Waals surface area (Å²) >= 11 is 0. The second kappa shape index (κ2) is 8.14. The van der Waals surface area contributed by atoms with Crippen LogP contribution in [0.1, 0.15) is 38.8 Å². The molecule has 0 saturated carbocycles. The first-order chi connectivity index (χ1) is 10.2. The van der Waals surface area contributed by atoms with Crippen LogP contribution in [0.25, 0.3) is 0 Å². The number of sulfonamides is 1. The molecule has 0 aromatic heterocycles. The van der Waals surface area contributed by atoms with Crippen LogP contribution in [0, 0.1) is 0 Å². The Bertz CT molecular complexity index is 599. The van der Waals surface area contributed by atoms with Gasteiger partial charge in [0.25, 0.3) is 0 Å².